The zero-order valence-corrected chi connectivity index (χ0v) is 16.1. The molecule has 166 valence electrons. The summed E-state index contributed by atoms with van der Waals surface area (Å²) in [4.78, 5) is 33.8. The van der Waals surface area contributed by atoms with Gasteiger partial charge in [0.25, 0.3) is 11.6 Å². The molecule has 0 aliphatic carbocycles. The number of nitrogens with one attached hydrogen (secondary N) is 2. The van der Waals surface area contributed by atoms with E-state index in [0.717, 1.165) is 18.2 Å². The van der Waals surface area contributed by atoms with Crippen LogP contribution in [-0.2, 0) is 12.7 Å². The summed E-state index contributed by atoms with van der Waals surface area (Å²) >= 11 is 0. The lowest BCUT2D eigenvalue weighted by Crippen LogP contribution is -2.15. The van der Waals surface area contributed by atoms with Crippen LogP contribution in [0.15, 0.2) is 59.2 Å². The van der Waals surface area contributed by atoms with Gasteiger partial charge in [0.2, 0.25) is 5.91 Å². The van der Waals surface area contributed by atoms with Gasteiger partial charge in [0.1, 0.15) is 0 Å². The molecule has 32 heavy (non-hydrogen) atoms. The van der Waals surface area contributed by atoms with E-state index in [-0.39, 0.29) is 34.8 Å². The number of carbonyl (C=O) groups is 2. The Kier molecular flexibility index (Phi) is 6.14. The van der Waals surface area contributed by atoms with Gasteiger partial charge in [0, 0.05) is 35.1 Å². The quantitative estimate of drug-likeness (QED) is 0.366. The Hall–Kier alpha value is -4.35. The molecule has 3 rings (SSSR count). The van der Waals surface area contributed by atoms with Crippen molar-refractivity contribution in [2.45, 2.75) is 12.7 Å². The largest absolute Gasteiger partial charge is 0.459 e. The van der Waals surface area contributed by atoms with Crippen molar-refractivity contribution in [3.05, 3.63) is 87.4 Å². The molecule has 2 aromatic carbocycles. The van der Waals surface area contributed by atoms with Crippen molar-refractivity contribution in [3.8, 4) is 0 Å². The number of carbonyl (C=O) groups excluding carboxylic acids is 2. The maximum Gasteiger partial charge on any atom is 0.418 e. The number of nitro groups is 1. The molecule has 0 saturated heterocycles. The zero-order valence-electron chi connectivity index (χ0n) is 16.1. The molecule has 0 unspecified atom stereocenters. The second kappa shape index (κ2) is 8.79. The fourth-order valence-corrected chi connectivity index (χ4v) is 2.84. The average molecular weight is 448 g/mol. The number of amides is 2. The third kappa shape index (κ3) is 5.03. The SMILES string of the molecule is NC(=O)c1ccc(CNc2ccc(NC(=O)c3ccco3)cc2C(F)(F)F)c([N+](=O)[O-])c1. The van der Waals surface area contributed by atoms with Gasteiger partial charge >= 0.3 is 6.18 Å². The van der Waals surface area contributed by atoms with E-state index in [9.17, 15) is 32.9 Å². The molecule has 2 amide bonds. The number of rotatable bonds is 7. The lowest BCUT2D eigenvalue weighted by molar-refractivity contribution is -0.385. The van der Waals surface area contributed by atoms with Crippen LogP contribution in [0.5, 0.6) is 0 Å². The molecule has 0 aliphatic rings. The Morgan fingerprint density at radius 1 is 1.12 bits per heavy atom. The van der Waals surface area contributed by atoms with Crippen LogP contribution in [0.1, 0.15) is 32.0 Å². The standard InChI is InChI=1S/C20H15F3N4O5/c21-20(22,23)14-9-13(26-19(29)17-2-1-7-32-17)5-6-15(14)25-10-12-4-3-11(18(24)28)8-16(12)27(30)31/h1-9,25H,10H2,(H2,24,28)(H,26,29). The molecular formula is C20H15F3N4O5. The molecule has 0 spiro atoms. The van der Waals surface area contributed by atoms with Crippen LogP contribution in [0.3, 0.4) is 0 Å². The van der Waals surface area contributed by atoms with E-state index in [1.165, 1.54) is 36.6 Å². The molecule has 12 heteroatoms. The van der Waals surface area contributed by atoms with E-state index < -0.39 is 34.2 Å². The molecule has 0 atom stereocenters. The van der Waals surface area contributed by atoms with Gasteiger partial charge in [-0.05, 0) is 42.5 Å². The lowest BCUT2D eigenvalue weighted by Gasteiger charge is -2.16. The van der Waals surface area contributed by atoms with Gasteiger partial charge in [0.05, 0.1) is 16.7 Å². The molecule has 0 saturated carbocycles. The highest BCUT2D eigenvalue weighted by Crippen LogP contribution is 2.37. The maximum absolute atomic E-state index is 13.6. The van der Waals surface area contributed by atoms with Crippen LogP contribution in [0.2, 0.25) is 0 Å². The number of furan rings is 1. The highest BCUT2D eigenvalue weighted by atomic mass is 19.4. The number of nitrogens with zero attached hydrogens (tertiary/aromatic N) is 1. The number of hydrogen-bond acceptors (Lipinski definition) is 6. The average Bonchev–Trinajstić information content (AvgIpc) is 3.27. The van der Waals surface area contributed by atoms with Crippen molar-refractivity contribution in [3.63, 3.8) is 0 Å². The minimum absolute atomic E-state index is 0.0447. The number of primary amides is 1. The Morgan fingerprint density at radius 3 is 2.47 bits per heavy atom. The first-order valence-corrected chi connectivity index (χ1v) is 8.93. The summed E-state index contributed by atoms with van der Waals surface area (Å²) in [6.07, 6.45) is -3.53. The fourth-order valence-electron chi connectivity index (χ4n) is 2.84. The van der Waals surface area contributed by atoms with Gasteiger partial charge in [-0.2, -0.15) is 13.2 Å². The maximum atomic E-state index is 13.6. The summed E-state index contributed by atoms with van der Waals surface area (Å²) in [6, 6.07) is 9.30. The zero-order chi connectivity index (χ0) is 23.5. The van der Waals surface area contributed by atoms with Crippen molar-refractivity contribution >= 4 is 28.9 Å². The summed E-state index contributed by atoms with van der Waals surface area (Å²) in [5.41, 5.74) is 3.01. The van der Waals surface area contributed by atoms with Crippen LogP contribution in [-0.4, -0.2) is 16.7 Å². The summed E-state index contributed by atoms with van der Waals surface area (Å²) in [6.45, 7) is -0.337. The van der Waals surface area contributed by atoms with Crippen LogP contribution in [0, 0.1) is 10.1 Å². The summed E-state index contributed by atoms with van der Waals surface area (Å²) in [5.74, 6) is -1.68. The number of anilines is 2. The number of nitrogens with two attached hydrogens (primary N) is 1. The first-order valence-electron chi connectivity index (χ1n) is 8.93. The lowest BCUT2D eigenvalue weighted by atomic mass is 10.1. The number of alkyl halides is 3. The molecule has 1 aromatic heterocycles. The molecule has 0 bridgehead atoms. The normalized spacial score (nSPS) is 11.1. The topological polar surface area (TPSA) is 140 Å². The Bertz CT molecular complexity index is 1180. The second-order valence-corrected chi connectivity index (χ2v) is 6.51. The predicted molar refractivity (Wildman–Crippen MR) is 107 cm³/mol. The van der Waals surface area contributed by atoms with E-state index >= 15 is 0 Å². The van der Waals surface area contributed by atoms with Gasteiger partial charge in [-0.1, -0.05) is 0 Å². The third-order valence-electron chi connectivity index (χ3n) is 4.36. The number of nitro benzene ring substituents is 1. The van der Waals surface area contributed by atoms with E-state index in [0.29, 0.717) is 0 Å². The van der Waals surface area contributed by atoms with Gasteiger partial charge in [-0.25, -0.2) is 0 Å². The van der Waals surface area contributed by atoms with Crippen molar-refractivity contribution in [2.75, 3.05) is 10.6 Å². The number of benzene rings is 2. The summed E-state index contributed by atoms with van der Waals surface area (Å²) < 4.78 is 45.6. The monoisotopic (exact) mass is 448 g/mol. The fraction of sp³-hybridized carbons (Fsp3) is 0.100. The second-order valence-electron chi connectivity index (χ2n) is 6.51. The van der Waals surface area contributed by atoms with Crippen molar-refractivity contribution in [1.82, 2.24) is 0 Å². The van der Waals surface area contributed by atoms with E-state index in [1.54, 1.807) is 0 Å². The summed E-state index contributed by atoms with van der Waals surface area (Å²) in [7, 11) is 0. The van der Waals surface area contributed by atoms with Crippen LogP contribution < -0.4 is 16.4 Å². The first-order chi connectivity index (χ1) is 15.1. The van der Waals surface area contributed by atoms with E-state index in [1.807, 2.05) is 0 Å². The third-order valence-corrected chi connectivity index (χ3v) is 4.36. The molecule has 1 heterocycles. The molecular weight excluding hydrogens is 433 g/mol. The van der Waals surface area contributed by atoms with Crippen molar-refractivity contribution in [2.24, 2.45) is 5.73 Å². The highest BCUT2D eigenvalue weighted by molar-refractivity contribution is 6.02. The minimum Gasteiger partial charge on any atom is -0.459 e. The van der Waals surface area contributed by atoms with Crippen LogP contribution >= 0.6 is 0 Å². The molecule has 0 aliphatic heterocycles. The molecule has 0 radical (unpaired) electrons. The van der Waals surface area contributed by atoms with Crippen LogP contribution in [0.4, 0.5) is 30.2 Å². The predicted octanol–water partition coefficient (Wildman–Crippen LogP) is 4.17. The van der Waals surface area contributed by atoms with Gasteiger partial charge < -0.3 is 20.8 Å². The van der Waals surface area contributed by atoms with Gasteiger partial charge in [-0.3, -0.25) is 19.7 Å². The smallest absolute Gasteiger partial charge is 0.418 e. The highest BCUT2D eigenvalue weighted by Gasteiger charge is 2.34. The Labute approximate surface area is 178 Å². The van der Waals surface area contributed by atoms with Crippen molar-refractivity contribution in [1.29, 1.82) is 0 Å². The van der Waals surface area contributed by atoms with Crippen LogP contribution in [0.25, 0.3) is 0 Å². The number of hydrogen-bond donors (Lipinski definition) is 3. The van der Waals surface area contributed by atoms with E-state index in [2.05, 4.69) is 10.6 Å². The minimum atomic E-state index is -4.78. The summed E-state index contributed by atoms with van der Waals surface area (Å²) in [5, 5.41) is 16.1. The Balaban J connectivity index is 1.86. The molecule has 9 nitrogen and oxygen atoms in total. The molecule has 0 fully saturated rings. The Morgan fingerprint density at radius 2 is 1.88 bits per heavy atom. The molecule has 3 aromatic rings. The first kappa shape index (κ1) is 22.3. The molecule has 4 N–H and O–H groups in total. The number of halogens is 3. The van der Waals surface area contributed by atoms with Gasteiger partial charge in [-0.15, -0.1) is 0 Å². The van der Waals surface area contributed by atoms with E-state index in [4.69, 9.17) is 10.2 Å². The van der Waals surface area contributed by atoms with Gasteiger partial charge in [0.15, 0.2) is 5.76 Å². The van der Waals surface area contributed by atoms with Crippen molar-refractivity contribution < 1.29 is 32.1 Å².